The van der Waals surface area contributed by atoms with Crippen LogP contribution < -0.4 is 0 Å². The normalized spacial score (nSPS) is 17.3. The van der Waals surface area contributed by atoms with Gasteiger partial charge in [-0.2, -0.15) is 0 Å². The number of hydrogen-bond donors (Lipinski definition) is 0. The van der Waals surface area contributed by atoms with E-state index in [0.717, 1.165) is 0 Å². The Bertz CT molecular complexity index is 126. The predicted octanol–water partition coefficient (Wildman–Crippen LogP) is 3.87. The average molecular weight is 244 g/mol. The van der Waals surface area contributed by atoms with E-state index < -0.39 is 0 Å². The second kappa shape index (κ2) is 15.9. The molecular formula is C15H36N2. The van der Waals surface area contributed by atoms with Gasteiger partial charge in [0, 0.05) is 13.1 Å². The van der Waals surface area contributed by atoms with E-state index in [2.05, 4.69) is 23.8 Å². The molecule has 0 saturated carbocycles. The molecule has 0 unspecified atom stereocenters. The second-order valence-electron chi connectivity index (χ2n) is 4.21. The summed E-state index contributed by atoms with van der Waals surface area (Å²) in [6.07, 6.45) is 5.48. The van der Waals surface area contributed by atoms with Crippen molar-refractivity contribution in [1.29, 1.82) is 0 Å². The van der Waals surface area contributed by atoms with Crippen molar-refractivity contribution in [1.82, 2.24) is 9.80 Å². The van der Waals surface area contributed by atoms with Gasteiger partial charge in [-0.3, -0.25) is 0 Å². The topological polar surface area (TPSA) is 6.48 Å². The zero-order chi connectivity index (χ0) is 13.5. The van der Waals surface area contributed by atoms with Gasteiger partial charge in [0.1, 0.15) is 0 Å². The highest BCUT2D eigenvalue weighted by atomic mass is 15.2. The maximum absolute atomic E-state index is 2.62. The van der Waals surface area contributed by atoms with Gasteiger partial charge in [0.05, 0.1) is 0 Å². The molecule has 0 spiro atoms. The Morgan fingerprint density at radius 3 is 2.06 bits per heavy atom. The summed E-state index contributed by atoms with van der Waals surface area (Å²) in [5.74, 6) is 0. The third-order valence-corrected chi connectivity index (χ3v) is 2.89. The summed E-state index contributed by atoms with van der Waals surface area (Å²) >= 11 is 0. The number of hydrogen-bond acceptors (Lipinski definition) is 2. The molecule has 0 aromatic heterocycles. The number of nitrogens with zero attached hydrogens (tertiary/aromatic N) is 2. The van der Waals surface area contributed by atoms with Crippen LogP contribution in [-0.2, 0) is 0 Å². The van der Waals surface area contributed by atoms with Crippen LogP contribution in [0.15, 0.2) is 0 Å². The summed E-state index contributed by atoms with van der Waals surface area (Å²) in [7, 11) is 2.23. The molecule has 2 nitrogen and oxygen atoms in total. The fraction of sp³-hybridized carbons (Fsp3) is 1.00. The van der Waals surface area contributed by atoms with Crippen molar-refractivity contribution in [2.45, 2.75) is 60.3 Å². The Kier molecular flexibility index (Phi) is 18.0. The summed E-state index contributed by atoms with van der Waals surface area (Å²) in [4.78, 5) is 5.07. The first-order valence-corrected chi connectivity index (χ1v) is 7.74. The Morgan fingerprint density at radius 1 is 0.824 bits per heavy atom. The number of unbranched alkanes of at least 4 members (excludes halogenated alkanes) is 2. The molecule has 0 aromatic rings. The van der Waals surface area contributed by atoms with E-state index in [1.54, 1.807) is 0 Å². The quantitative estimate of drug-likeness (QED) is 0.693. The molecule has 1 saturated heterocycles. The number of likely N-dealkylation sites (N-methyl/N-ethyl adjacent to an activating group) is 1. The van der Waals surface area contributed by atoms with Crippen LogP contribution in [0.2, 0.25) is 0 Å². The van der Waals surface area contributed by atoms with Crippen molar-refractivity contribution < 1.29 is 0 Å². The smallest absolute Gasteiger partial charge is 0.0109 e. The first-order chi connectivity index (χ1) is 8.33. The van der Waals surface area contributed by atoms with Crippen LogP contribution >= 0.6 is 0 Å². The van der Waals surface area contributed by atoms with Crippen molar-refractivity contribution in [2.24, 2.45) is 0 Å². The fourth-order valence-electron chi connectivity index (χ4n) is 1.91. The molecule has 2 heteroatoms. The molecule has 0 aliphatic carbocycles. The van der Waals surface area contributed by atoms with E-state index in [0.29, 0.717) is 0 Å². The Labute approximate surface area is 110 Å². The third-order valence-electron chi connectivity index (χ3n) is 2.89. The first kappa shape index (κ1) is 19.3. The SMILES string of the molecule is CC.CC.CCCCCN1CCCN(C)CC1. The van der Waals surface area contributed by atoms with Crippen LogP contribution in [0.4, 0.5) is 0 Å². The van der Waals surface area contributed by atoms with Gasteiger partial charge in [0.25, 0.3) is 0 Å². The molecule has 0 aromatic carbocycles. The summed E-state index contributed by atoms with van der Waals surface area (Å²) in [5, 5.41) is 0. The Hall–Kier alpha value is -0.0800. The maximum atomic E-state index is 2.62. The molecule has 1 fully saturated rings. The summed E-state index contributed by atoms with van der Waals surface area (Å²) in [5.41, 5.74) is 0. The lowest BCUT2D eigenvalue weighted by Crippen LogP contribution is -2.29. The molecular weight excluding hydrogens is 208 g/mol. The predicted molar refractivity (Wildman–Crippen MR) is 80.8 cm³/mol. The molecule has 0 N–H and O–H groups in total. The van der Waals surface area contributed by atoms with Gasteiger partial charge in [0.2, 0.25) is 0 Å². The van der Waals surface area contributed by atoms with Crippen molar-refractivity contribution in [3.63, 3.8) is 0 Å². The lowest BCUT2D eigenvalue weighted by Gasteiger charge is -2.19. The highest BCUT2D eigenvalue weighted by Crippen LogP contribution is 2.03. The van der Waals surface area contributed by atoms with E-state index in [4.69, 9.17) is 0 Å². The summed E-state index contributed by atoms with van der Waals surface area (Å²) in [6.45, 7) is 16.7. The highest BCUT2D eigenvalue weighted by molar-refractivity contribution is 4.66. The largest absolute Gasteiger partial charge is 0.305 e. The molecule has 17 heavy (non-hydrogen) atoms. The lowest BCUT2D eigenvalue weighted by atomic mass is 10.2. The van der Waals surface area contributed by atoms with Gasteiger partial charge in [-0.15, -0.1) is 0 Å². The van der Waals surface area contributed by atoms with Crippen LogP contribution in [-0.4, -0.2) is 49.6 Å². The van der Waals surface area contributed by atoms with Crippen molar-refractivity contribution in [3.05, 3.63) is 0 Å². The monoisotopic (exact) mass is 244 g/mol. The number of rotatable bonds is 4. The van der Waals surface area contributed by atoms with Crippen LogP contribution in [0, 0.1) is 0 Å². The van der Waals surface area contributed by atoms with Crippen molar-refractivity contribution in [2.75, 3.05) is 39.8 Å². The van der Waals surface area contributed by atoms with Crippen LogP contribution in [0.5, 0.6) is 0 Å². The van der Waals surface area contributed by atoms with Crippen molar-refractivity contribution >= 4 is 0 Å². The van der Waals surface area contributed by atoms with Crippen molar-refractivity contribution in [3.8, 4) is 0 Å². The van der Waals surface area contributed by atoms with E-state index >= 15 is 0 Å². The van der Waals surface area contributed by atoms with Gasteiger partial charge < -0.3 is 9.80 Å². The lowest BCUT2D eigenvalue weighted by molar-refractivity contribution is 0.271. The standard InChI is InChI=1S/C11H24N2.2C2H6/c1-3-4-5-8-13-9-6-7-12(2)10-11-13;2*1-2/h3-11H2,1-2H3;2*1-2H3. The Morgan fingerprint density at radius 2 is 1.47 bits per heavy atom. The molecule has 1 heterocycles. The zero-order valence-electron chi connectivity index (χ0n) is 13.3. The molecule has 1 rings (SSSR count). The van der Waals surface area contributed by atoms with Crippen LogP contribution in [0.25, 0.3) is 0 Å². The van der Waals surface area contributed by atoms with Crippen LogP contribution in [0.1, 0.15) is 60.3 Å². The van der Waals surface area contributed by atoms with E-state index in [1.807, 2.05) is 27.7 Å². The van der Waals surface area contributed by atoms with E-state index in [9.17, 15) is 0 Å². The molecule has 106 valence electrons. The van der Waals surface area contributed by atoms with Gasteiger partial charge in [-0.05, 0) is 39.5 Å². The maximum Gasteiger partial charge on any atom is 0.0109 e. The fourth-order valence-corrected chi connectivity index (χ4v) is 1.91. The molecule has 1 aliphatic rings. The average Bonchev–Trinajstić information content (AvgIpc) is 2.60. The van der Waals surface area contributed by atoms with Gasteiger partial charge in [-0.25, -0.2) is 0 Å². The molecule has 0 amide bonds. The van der Waals surface area contributed by atoms with Gasteiger partial charge >= 0.3 is 0 Å². The minimum absolute atomic E-state index is 1.26. The third kappa shape index (κ3) is 12.2. The molecule has 1 aliphatic heterocycles. The second-order valence-corrected chi connectivity index (χ2v) is 4.21. The minimum Gasteiger partial charge on any atom is -0.305 e. The summed E-state index contributed by atoms with van der Waals surface area (Å²) in [6, 6.07) is 0. The van der Waals surface area contributed by atoms with Gasteiger partial charge in [0.15, 0.2) is 0 Å². The first-order valence-electron chi connectivity index (χ1n) is 7.74. The molecule has 0 radical (unpaired) electrons. The summed E-state index contributed by atoms with van der Waals surface area (Å²) < 4.78 is 0. The van der Waals surface area contributed by atoms with Crippen LogP contribution in [0.3, 0.4) is 0 Å². The minimum atomic E-state index is 1.26. The van der Waals surface area contributed by atoms with E-state index in [1.165, 1.54) is 58.4 Å². The Balaban J connectivity index is 0. The van der Waals surface area contributed by atoms with Gasteiger partial charge in [-0.1, -0.05) is 47.5 Å². The molecule has 0 atom stereocenters. The van der Waals surface area contributed by atoms with E-state index in [-0.39, 0.29) is 0 Å². The molecule has 0 bridgehead atoms. The zero-order valence-corrected chi connectivity index (χ0v) is 13.3. The highest BCUT2D eigenvalue weighted by Gasteiger charge is 2.10.